The van der Waals surface area contributed by atoms with Gasteiger partial charge in [-0.05, 0) is 6.92 Å². The van der Waals surface area contributed by atoms with Gasteiger partial charge in [-0.15, -0.1) is 0 Å². The lowest BCUT2D eigenvalue weighted by Crippen LogP contribution is -2.45. The lowest BCUT2D eigenvalue weighted by molar-refractivity contribution is -0.169. The molecule has 0 spiro atoms. The molecule has 1 unspecified atom stereocenters. The molecule has 0 fully saturated rings. The van der Waals surface area contributed by atoms with Gasteiger partial charge in [-0.1, -0.05) is 0 Å². The second-order valence-corrected chi connectivity index (χ2v) is 4.80. The molecule has 0 aliphatic heterocycles. The van der Waals surface area contributed by atoms with Gasteiger partial charge in [0, 0.05) is 0 Å². The van der Waals surface area contributed by atoms with Gasteiger partial charge in [-0.3, -0.25) is 18.6 Å². The summed E-state index contributed by atoms with van der Waals surface area (Å²) in [5.74, 6) is -5.41. The molecular weight excluding hydrogens is 287 g/mol. The molecule has 4 N–H and O–H groups in total. The predicted molar refractivity (Wildman–Crippen MR) is 57.4 cm³/mol. The Bertz CT molecular complexity index is 400. The van der Waals surface area contributed by atoms with Crippen LogP contribution in [0.15, 0.2) is 0 Å². The van der Waals surface area contributed by atoms with E-state index in [4.69, 9.17) is 15.3 Å². The number of hydrogen-bond donors (Lipinski definition) is 4. The van der Waals surface area contributed by atoms with Crippen molar-refractivity contribution in [3.8, 4) is 0 Å². The van der Waals surface area contributed by atoms with Crippen LogP contribution in [-0.4, -0.2) is 50.3 Å². The van der Waals surface area contributed by atoms with Crippen molar-refractivity contribution in [3.63, 3.8) is 0 Å². The molecule has 0 aromatic carbocycles. The maximum absolute atomic E-state index is 11.4. The molecule has 110 valence electrons. The van der Waals surface area contributed by atoms with E-state index in [-0.39, 0.29) is 6.61 Å². The van der Waals surface area contributed by atoms with Gasteiger partial charge in [-0.2, -0.15) is 0 Å². The molecule has 0 aliphatic carbocycles. The van der Waals surface area contributed by atoms with Crippen molar-refractivity contribution < 1.29 is 48.2 Å². The zero-order valence-corrected chi connectivity index (χ0v) is 10.7. The number of phosphoric ester groups is 1. The smallest absolute Gasteiger partial charge is 0.473 e. The summed E-state index contributed by atoms with van der Waals surface area (Å²) in [7, 11) is -4.89. The number of rotatable bonds is 9. The Morgan fingerprint density at radius 2 is 1.53 bits per heavy atom. The topological polar surface area (TPSA) is 168 Å². The fourth-order valence-electron chi connectivity index (χ4n) is 1.22. The highest BCUT2D eigenvalue weighted by Crippen LogP contribution is 2.49. The summed E-state index contributed by atoms with van der Waals surface area (Å²) in [5.41, 5.74) is -2.89. The summed E-state index contributed by atoms with van der Waals surface area (Å²) >= 11 is 0. The Balaban J connectivity index is 5.44. The van der Waals surface area contributed by atoms with E-state index in [1.807, 2.05) is 0 Å². The molecular formula is C8H13O10P. The van der Waals surface area contributed by atoms with Crippen LogP contribution in [0.5, 0.6) is 0 Å². The van der Waals surface area contributed by atoms with Gasteiger partial charge < -0.3 is 20.2 Å². The van der Waals surface area contributed by atoms with Crippen molar-refractivity contribution in [1.29, 1.82) is 0 Å². The van der Waals surface area contributed by atoms with Crippen molar-refractivity contribution >= 4 is 25.7 Å². The maximum Gasteiger partial charge on any atom is 0.473 e. The molecule has 0 radical (unpaired) electrons. The van der Waals surface area contributed by atoms with E-state index < -0.39 is 44.2 Å². The third-order valence-electron chi connectivity index (χ3n) is 1.85. The average molecular weight is 300 g/mol. The number of phosphoric acid groups is 1. The Kier molecular flexibility index (Phi) is 6.10. The van der Waals surface area contributed by atoms with E-state index in [1.54, 1.807) is 0 Å². The van der Waals surface area contributed by atoms with Gasteiger partial charge in [0.2, 0.25) is 0 Å². The van der Waals surface area contributed by atoms with Gasteiger partial charge in [0.15, 0.2) is 5.60 Å². The molecule has 1 atom stereocenters. The molecule has 0 aliphatic rings. The first-order valence-corrected chi connectivity index (χ1v) is 6.39. The minimum absolute atomic E-state index is 0.316. The van der Waals surface area contributed by atoms with Crippen molar-refractivity contribution in [3.05, 3.63) is 0 Å². The van der Waals surface area contributed by atoms with Gasteiger partial charge in [-0.25, -0.2) is 9.36 Å². The number of carboxylic acid groups (broad SMARTS) is 3. The Morgan fingerprint density at radius 1 is 1.11 bits per heavy atom. The van der Waals surface area contributed by atoms with Gasteiger partial charge in [0.05, 0.1) is 19.4 Å². The van der Waals surface area contributed by atoms with E-state index >= 15 is 0 Å². The molecule has 0 heterocycles. The zero-order valence-electron chi connectivity index (χ0n) is 9.81. The molecule has 11 heteroatoms. The second kappa shape index (κ2) is 6.62. The molecule has 10 nitrogen and oxygen atoms in total. The highest BCUT2D eigenvalue weighted by Gasteiger charge is 2.49. The van der Waals surface area contributed by atoms with E-state index in [1.165, 1.54) is 6.92 Å². The third-order valence-corrected chi connectivity index (χ3v) is 3.01. The number of carboxylic acids is 3. The average Bonchev–Trinajstić information content (AvgIpc) is 2.13. The van der Waals surface area contributed by atoms with Gasteiger partial charge >= 0.3 is 25.7 Å². The summed E-state index contributed by atoms with van der Waals surface area (Å²) in [6.45, 7) is 0.993. The first kappa shape index (κ1) is 17.5. The monoisotopic (exact) mass is 300 g/mol. The number of hydrogen-bond acceptors (Lipinski definition) is 6. The van der Waals surface area contributed by atoms with Crippen LogP contribution in [0.3, 0.4) is 0 Å². The molecule has 0 aromatic heterocycles. The summed E-state index contributed by atoms with van der Waals surface area (Å²) < 4.78 is 19.9. The van der Waals surface area contributed by atoms with Crippen LogP contribution in [-0.2, 0) is 28.0 Å². The molecule has 0 saturated carbocycles. The van der Waals surface area contributed by atoms with Crippen LogP contribution in [0.1, 0.15) is 19.8 Å². The quantitative estimate of drug-likeness (QED) is 0.422. The van der Waals surface area contributed by atoms with Crippen molar-refractivity contribution in [2.75, 3.05) is 6.61 Å². The minimum atomic E-state index is -4.89. The summed E-state index contributed by atoms with van der Waals surface area (Å²) in [6, 6.07) is 0. The maximum atomic E-state index is 11.4. The molecule has 0 aromatic rings. The predicted octanol–water partition coefficient (Wildman–Crippen LogP) is -0.0873. The molecule has 19 heavy (non-hydrogen) atoms. The van der Waals surface area contributed by atoms with Gasteiger partial charge in [0.25, 0.3) is 0 Å². The molecule has 0 amide bonds. The fourth-order valence-corrected chi connectivity index (χ4v) is 2.24. The van der Waals surface area contributed by atoms with Crippen molar-refractivity contribution in [1.82, 2.24) is 0 Å². The Labute approximate surface area is 107 Å². The highest BCUT2D eigenvalue weighted by molar-refractivity contribution is 7.47. The largest absolute Gasteiger partial charge is 0.481 e. The van der Waals surface area contributed by atoms with E-state index in [0.717, 1.165) is 0 Å². The normalized spacial score (nSPS) is 14.6. The fraction of sp³-hybridized carbons (Fsp3) is 0.625. The summed E-state index contributed by atoms with van der Waals surface area (Å²) in [6.07, 6.45) is -2.63. The number of aliphatic carboxylic acids is 3. The lowest BCUT2D eigenvalue weighted by Gasteiger charge is -2.27. The third kappa shape index (κ3) is 5.79. The molecule has 0 bridgehead atoms. The van der Waals surface area contributed by atoms with Crippen LogP contribution in [0.2, 0.25) is 0 Å². The Hall–Kier alpha value is -1.48. The van der Waals surface area contributed by atoms with Crippen LogP contribution in [0.25, 0.3) is 0 Å². The second-order valence-electron chi connectivity index (χ2n) is 3.42. The van der Waals surface area contributed by atoms with Crippen LogP contribution < -0.4 is 0 Å². The minimum Gasteiger partial charge on any atom is -0.481 e. The van der Waals surface area contributed by atoms with Crippen molar-refractivity contribution in [2.24, 2.45) is 0 Å². The zero-order chi connectivity index (χ0) is 15.3. The Morgan fingerprint density at radius 3 is 1.79 bits per heavy atom. The number of carbonyl (C=O) groups is 3. The SMILES string of the molecule is CCOP(=O)(O)OC(CC(=O)O)(CC(=O)O)C(=O)O. The summed E-state index contributed by atoms with van der Waals surface area (Å²) in [4.78, 5) is 41.4. The lowest BCUT2D eigenvalue weighted by atomic mass is 9.96. The van der Waals surface area contributed by atoms with E-state index in [2.05, 4.69) is 9.05 Å². The van der Waals surface area contributed by atoms with Gasteiger partial charge in [0.1, 0.15) is 0 Å². The molecule has 0 rings (SSSR count). The summed E-state index contributed by atoms with van der Waals surface area (Å²) in [5, 5.41) is 26.1. The first-order valence-electron chi connectivity index (χ1n) is 4.90. The van der Waals surface area contributed by atoms with Crippen molar-refractivity contribution in [2.45, 2.75) is 25.4 Å². The highest BCUT2D eigenvalue weighted by atomic mass is 31.2. The standard InChI is InChI=1S/C8H13O10P/c1-2-17-19(15,16)18-8(7(13)14,3-5(9)10)4-6(11)12/h2-4H2,1H3,(H,9,10)(H,11,12)(H,13,14)(H,15,16). The van der Waals surface area contributed by atoms with Crippen LogP contribution >= 0.6 is 7.82 Å². The first-order chi connectivity index (χ1) is 8.54. The van der Waals surface area contributed by atoms with Crippen LogP contribution in [0.4, 0.5) is 0 Å². The molecule has 0 saturated heterocycles. The van der Waals surface area contributed by atoms with E-state index in [0.29, 0.717) is 0 Å². The van der Waals surface area contributed by atoms with E-state index in [9.17, 15) is 23.8 Å². The van der Waals surface area contributed by atoms with Crippen LogP contribution in [0, 0.1) is 0 Å².